The number of aliphatic hydroxyl groups excluding tert-OH is 1. The van der Waals surface area contributed by atoms with Crippen LogP contribution in [0, 0.1) is 0 Å². The van der Waals surface area contributed by atoms with Crippen LogP contribution in [0.2, 0.25) is 0 Å². The Balaban J connectivity index is 1.58. The van der Waals surface area contributed by atoms with E-state index in [0.717, 1.165) is 25.7 Å². The van der Waals surface area contributed by atoms with Crippen molar-refractivity contribution in [2.24, 2.45) is 0 Å². The van der Waals surface area contributed by atoms with E-state index in [4.69, 9.17) is 0 Å². The first-order valence-electron chi connectivity index (χ1n) is 7.45. The normalized spacial score (nSPS) is 18.4. The minimum Gasteiger partial charge on any atom is -0.393 e. The predicted molar refractivity (Wildman–Crippen MR) is 92.5 cm³/mol. The van der Waals surface area contributed by atoms with Gasteiger partial charge in [-0.1, -0.05) is 42.5 Å². The molecular formula is C17H24OS2. The van der Waals surface area contributed by atoms with Crippen LogP contribution in [0.15, 0.2) is 42.5 Å². The molecule has 1 heterocycles. The van der Waals surface area contributed by atoms with E-state index in [1.165, 1.54) is 23.5 Å². The Hall–Kier alpha value is -0.380. The molecule has 1 aromatic rings. The monoisotopic (exact) mass is 308 g/mol. The maximum Gasteiger partial charge on any atom is 0.0593 e. The zero-order valence-corrected chi connectivity index (χ0v) is 13.5. The van der Waals surface area contributed by atoms with E-state index in [-0.39, 0.29) is 6.10 Å². The Morgan fingerprint density at radius 3 is 2.65 bits per heavy atom. The molecule has 0 saturated carbocycles. The minimum atomic E-state index is -0.175. The van der Waals surface area contributed by atoms with Gasteiger partial charge in [-0.15, -0.1) is 23.5 Å². The molecule has 1 unspecified atom stereocenters. The van der Waals surface area contributed by atoms with Gasteiger partial charge in [-0.3, -0.25) is 0 Å². The maximum absolute atomic E-state index is 10.0. The average Bonchev–Trinajstić information content (AvgIpc) is 2.49. The Labute approximate surface area is 131 Å². The lowest BCUT2D eigenvalue weighted by Crippen LogP contribution is -2.15. The first-order chi connectivity index (χ1) is 9.84. The molecule has 0 aliphatic carbocycles. The largest absolute Gasteiger partial charge is 0.393 e. The van der Waals surface area contributed by atoms with E-state index >= 15 is 0 Å². The van der Waals surface area contributed by atoms with Crippen molar-refractivity contribution in [1.82, 2.24) is 0 Å². The van der Waals surface area contributed by atoms with Gasteiger partial charge in [0.1, 0.15) is 0 Å². The van der Waals surface area contributed by atoms with E-state index in [0.29, 0.717) is 4.58 Å². The molecule has 0 radical (unpaired) electrons. The van der Waals surface area contributed by atoms with Crippen molar-refractivity contribution in [3.8, 4) is 0 Å². The molecule has 1 aliphatic heterocycles. The molecule has 0 amide bonds. The van der Waals surface area contributed by atoms with Gasteiger partial charge in [-0.25, -0.2) is 0 Å². The first kappa shape index (κ1) is 16.0. The third kappa shape index (κ3) is 6.38. The van der Waals surface area contributed by atoms with E-state index < -0.39 is 0 Å². The van der Waals surface area contributed by atoms with Gasteiger partial charge in [0, 0.05) is 0 Å². The van der Waals surface area contributed by atoms with Crippen molar-refractivity contribution in [2.45, 2.75) is 42.8 Å². The van der Waals surface area contributed by atoms with Crippen LogP contribution in [-0.4, -0.2) is 27.3 Å². The molecule has 110 valence electrons. The van der Waals surface area contributed by atoms with E-state index in [1.807, 2.05) is 23.5 Å². The Morgan fingerprint density at radius 1 is 1.15 bits per heavy atom. The molecule has 3 heteroatoms. The van der Waals surface area contributed by atoms with E-state index in [1.54, 1.807) is 0 Å². The summed E-state index contributed by atoms with van der Waals surface area (Å²) in [5.74, 6) is 2.52. The van der Waals surface area contributed by atoms with Crippen LogP contribution in [0.5, 0.6) is 0 Å². The molecule has 1 aromatic carbocycles. The zero-order valence-electron chi connectivity index (χ0n) is 11.9. The molecule has 1 nitrogen and oxygen atoms in total. The smallest absolute Gasteiger partial charge is 0.0593 e. The third-order valence-electron chi connectivity index (χ3n) is 3.38. The van der Waals surface area contributed by atoms with Gasteiger partial charge in [-0.2, -0.15) is 0 Å². The third-order valence-corrected chi connectivity index (χ3v) is 6.37. The fraction of sp³-hybridized carbons (Fsp3) is 0.529. The van der Waals surface area contributed by atoms with Crippen molar-refractivity contribution in [2.75, 3.05) is 11.5 Å². The summed E-state index contributed by atoms with van der Waals surface area (Å²) in [6, 6.07) is 10.6. The van der Waals surface area contributed by atoms with E-state index in [2.05, 4.69) is 42.5 Å². The Bertz CT molecular complexity index is 385. The molecule has 1 fully saturated rings. The number of rotatable bonds is 7. The molecule has 20 heavy (non-hydrogen) atoms. The topological polar surface area (TPSA) is 20.2 Å². The molecule has 1 N–H and O–H groups in total. The average molecular weight is 309 g/mol. The van der Waals surface area contributed by atoms with Crippen LogP contribution in [0.25, 0.3) is 0 Å². The van der Waals surface area contributed by atoms with Crippen LogP contribution >= 0.6 is 23.5 Å². The molecule has 1 aliphatic rings. The molecule has 1 atom stereocenters. The standard InChI is InChI=1S/C17H24OS2/c18-16(14-17-19-12-7-13-20-17)11-6-2-5-10-15-8-3-1-4-9-15/h1-4,6,8-9,16-18H,5,7,10-14H2/b6-2+. The summed E-state index contributed by atoms with van der Waals surface area (Å²) in [4.78, 5) is 0. The number of thioether (sulfide) groups is 2. The summed E-state index contributed by atoms with van der Waals surface area (Å²) in [5.41, 5.74) is 1.38. The van der Waals surface area contributed by atoms with Crippen molar-refractivity contribution >= 4 is 23.5 Å². The summed E-state index contributed by atoms with van der Waals surface area (Å²) >= 11 is 4.02. The van der Waals surface area contributed by atoms with Gasteiger partial charge in [-0.05, 0) is 49.2 Å². The van der Waals surface area contributed by atoms with Gasteiger partial charge >= 0.3 is 0 Å². The number of allylic oxidation sites excluding steroid dienone is 1. The van der Waals surface area contributed by atoms with Gasteiger partial charge in [0.05, 0.1) is 10.7 Å². The SMILES string of the molecule is OC(C/C=C/CCc1ccccc1)CC1SCCCS1. The maximum atomic E-state index is 10.0. The lowest BCUT2D eigenvalue weighted by atomic mass is 10.1. The Morgan fingerprint density at radius 2 is 1.90 bits per heavy atom. The molecule has 0 aromatic heterocycles. The highest BCUT2D eigenvalue weighted by Crippen LogP contribution is 2.34. The summed E-state index contributed by atoms with van der Waals surface area (Å²) in [6.07, 6.45) is 9.37. The summed E-state index contributed by atoms with van der Waals surface area (Å²) < 4.78 is 0.608. The Kier molecular flexibility index (Phi) is 7.63. The number of hydrogen-bond donors (Lipinski definition) is 1. The van der Waals surface area contributed by atoms with Crippen molar-refractivity contribution in [1.29, 1.82) is 0 Å². The number of hydrogen-bond acceptors (Lipinski definition) is 3. The highest BCUT2D eigenvalue weighted by atomic mass is 32.2. The highest BCUT2D eigenvalue weighted by Gasteiger charge is 2.17. The molecule has 0 spiro atoms. The van der Waals surface area contributed by atoms with Gasteiger partial charge in [0.2, 0.25) is 0 Å². The second-order valence-electron chi connectivity index (χ2n) is 5.15. The van der Waals surface area contributed by atoms with Crippen molar-refractivity contribution in [3.63, 3.8) is 0 Å². The fourth-order valence-electron chi connectivity index (χ4n) is 2.26. The fourth-order valence-corrected chi connectivity index (χ4v) is 5.27. The molecule has 1 saturated heterocycles. The first-order valence-corrected chi connectivity index (χ1v) is 9.54. The second-order valence-corrected chi connectivity index (χ2v) is 8.07. The molecular weight excluding hydrogens is 284 g/mol. The molecule has 0 bridgehead atoms. The van der Waals surface area contributed by atoms with Crippen LogP contribution < -0.4 is 0 Å². The number of benzene rings is 1. The lowest BCUT2D eigenvalue weighted by molar-refractivity contribution is 0.173. The van der Waals surface area contributed by atoms with Crippen LogP contribution in [0.4, 0.5) is 0 Å². The minimum absolute atomic E-state index is 0.175. The predicted octanol–water partition coefficient (Wildman–Crippen LogP) is 4.51. The number of aryl methyl sites for hydroxylation is 1. The van der Waals surface area contributed by atoms with Crippen LogP contribution in [0.3, 0.4) is 0 Å². The molecule has 2 rings (SSSR count). The van der Waals surface area contributed by atoms with E-state index in [9.17, 15) is 5.11 Å². The number of aliphatic hydroxyl groups is 1. The van der Waals surface area contributed by atoms with Crippen LogP contribution in [0.1, 0.15) is 31.2 Å². The quantitative estimate of drug-likeness (QED) is 0.748. The van der Waals surface area contributed by atoms with Crippen LogP contribution in [-0.2, 0) is 6.42 Å². The highest BCUT2D eigenvalue weighted by molar-refractivity contribution is 8.17. The van der Waals surface area contributed by atoms with Gasteiger partial charge in [0.15, 0.2) is 0 Å². The summed E-state index contributed by atoms with van der Waals surface area (Å²) in [6.45, 7) is 0. The second kappa shape index (κ2) is 9.54. The summed E-state index contributed by atoms with van der Waals surface area (Å²) in [7, 11) is 0. The van der Waals surface area contributed by atoms with Gasteiger partial charge < -0.3 is 5.11 Å². The lowest BCUT2D eigenvalue weighted by Gasteiger charge is -2.22. The van der Waals surface area contributed by atoms with Gasteiger partial charge in [0.25, 0.3) is 0 Å². The zero-order chi connectivity index (χ0) is 14.0. The summed E-state index contributed by atoms with van der Waals surface area (Å²) in [5, 5.41) is 10.0. The van der Waals surface area contributed by atoms with Crippen molar-refractivity contribution in [3.05, 3.63) is 48.0 Å². The van der Waals surface area contributed by atoms with Crippen molar-refractivity contribution < 1.29 is 5.11 Å².